The number of nitrogens with zero attached hydrogens (tertiary/aromatic N) is 6. The standard InChI is InChI=1S/C11H12N8O2/c1-2-7-5-9(21)19-11(13-7)15-10(16-19)14-8(20)6-18-4-3-12-17-18/h3-5H,2,6H2,1H3,(H2,13,14,15,16,20). The Kier molecular flexibility index (Phi) is 3.18. The number of carbonyl (C=O) groups excluding carboxylic acids is 1. The van der Waals surface area contributed by atoms with Gasteiger partial charge in [-0.15, -0.1) is 5.10 Å². The zero-order chi connectivity index (χ0) is 14.8. The molecule has 0 radical (unpaired) electrons. The van der Waals surface area contributed by atoms with Crippen molar-refractivity contribution in [2.24, 2.45) is 0 Å². The van der Waals surface area contributed by atoms with Gasteiger partial charge in [0.15, 0.2) is 0 Å². The van der Waals surface area contributed by atoms with Crippen molar-refractivity contribution in [1.29, 1.82) is 0 Å². The summed E-state index contributed by atoms with van der Waals surface area (Å²) in [6.45, 7) is 1.89. The average Bonchev–Trinajstić information content (AvgIpc) is 3.07. The van der Waals surface area contributed by atoms with E-state index in [-0.39, 0.29) is 29.7 Å². The highest BCUT2D eigenvalue weighted by molar-refractivity contribution is 5.88. The molecule has 0 bridgehead atoms. The number of aromatic nitrogens is 7. The Hall–Kier alpha value is -3.04. The molecule has 3 aromatic heterocycles. The summed E-state index contributed by atoms with van der Waals surface area (Å²) in [6, 6.07) is 1.42. The van der Waals surface area contributed by atoms with Crippen LogP contribution in [0.15, 0.2) is 23.3 Å². The second kappa shape index (κ2) is 5.15. The van der Waals surface area contributed by atoms with Crippen LogP contribution in [-0.2, 0) is 17.8 Å². The van der Waals surface area contributed by atoms with Crippen molar-refractivity contribution in [1.82, 2.24) is 34.6 Å². The van der Waals surface area contributed by atoms with Gasteiger partial charge in [0.05, 0.1) is 6.20 Å². The molecule has 0 saturated carbocycles. The molecule has 21 heavy (non-hydrogen) atoms. The van der Waals surface area contributed by atoms with E-state index in [0.29, 0.717) is 12.1 Å². The van der Waals surface area contributed by atoms with Crippen LogP contribution in [0.5, 0.6) is 0 Å². The van der Waals surface area contributed by atoms with E-state index in [1.54, 1.807) is 6.20 Å². The molecule has 0 unspecified atom stereocenters. The van der Waals surface area contributed by atoms with Crippen LogP contribution >= 0.6 is 0 Å². The summed E-state index contributed by atoms with van der Waals surface area (Å²) in [5, 5.41) is 12.5. The number of anilines is 1. The van der Waals surface area contributed by atoms with E-state index in [1.807, 2.05) is 6.92 Å². The minimum absolute atomic E-state index is 0.000414. The molecule has 0 aliphatic carbocycles. The van der Waals surface area contributed by atoms with Crippen LogP contribution in [0.3, 0.4) is 0 Å². The van der Waals surface area contributed by atoms with Crippen LogP contribution in [0, 0.1) is 0 Å². The number of aryl methyl sites for hydroxylation is 1. The first kappa shape index (κ1) is 13.0. The summed E-state index contributed by atoms with van der Waals surface area (Å²) in [4.78, 5) is 31.9. The summed E-state index contributed by atoms with van der Waals surface area (Å²) in [6.07, 6.45) is 3.68. The summed E-state index contributed by atoms with van der Waals surface area (Å²) in [7, 11) is 0. The van der Waals surface area contributed by atoms with Gasteiger partial charge in [-0.2, -0.15) is 9.50 Å². The van der Waals surface area contributed by atoms with Crippen molar-refractivity contribution >= 4 is 17.6 Å². The molecule has 2 N–H and O–H groups in total. The lowest BCUT2D eigenvalue weighted by molar-refractivity contribution is -0.117. The topological polar surface area (TPSA) is 123 Å². The van der Waals surface area contributed by atoms with Crippen molar-refractivity contribution < 1.29 is 4.79 Å². The molecule has 0 fully saturated rings. The normalized spacial score (nSPS) is 10.9. The quantitative estimate of drug-likeness (QED) is 0.648. The first-order chi connectivity index (χ1) is 10.2. The second-order valence-electron chi connectivity index (χ2n) is 4.30. The van der Waals surface area contributed by atoms with Gasteiger partial charge in [-0.25, -0.2) is 9.67 Å². The van der Waals surface area contributed by atoms with Gasteiger partial charge in [0.25, 0.3) is 11.3 Å². The number of hydrogen-bond donors (Lipinski definition) is 2. The largest absolute Gasteiger partial charge is 0.293 e. The molecule has 0 saturated heterocycles. The van der Waals surface area contributed by atoms with Gasteiger partial charge in [-0.3, -0.25) is 20.0 Å². The Morgan fingerprint density at radius 2 is 2.29 bits per heavy atom. The second-order valence-corrected chi connectivity index (χ2v) is 4.30. The molecule has 3 aromatic rings. The zero-order valence-corrected chi connectivity index (χ0v) is 11.1. The third kappa shape index (κ3) is 2.63. The van der Waals surface area contributed by atoms with Crippen molar-refractivity contribution in [2.45, 2.75) is 19.9 Å². The van der Waals surface area contributed by atoms with E-state index in [9.17, 15) is 9.59 Å². The predicted octanol–water partition coefficient (Wildman–Crippen LogP) is -0.790. The number of rotatable bonds is 4. The summed E-state index contributed by atoms with van der Waals surface area (Å²) < 4.78 is 2.54. The maximum Gasteiger partial charge on any atom is 0.274 e. The Morgan fingerprint density at radius 1 is 1.43 bits per heavy atom. The summed E-state index contributed by atoms with van der Waals surface area (Å²) in [5.41, 5.74) is 0.369. The third-order valence-electron chi connectivity index (χ3n) is 2.78. The van der Waals surface area contributed by atoms with E-state index in [0.717, 1.165) is 0 Å². The van der Waals surface area contributed by atoms with Crippen molar-refractivity contribution in [2.75, 3.05) is 5.32 Å². The number of carbonyl (C=O) groups is 1. The number of aromatic amines is 1. The molecular formula is C11H12N8O2. The predicted molar refractivity (Wildman–Crippen MR) is 71.6 cm³/mol. The minimum atomic E-state index is -0.344. The highest BCUT2D eigenvalue weighted by Gasteiger charge is 2.10. The molecule has 1 amide bonds. The third-order valence-corrected chi connectivity index (χ3v) is 2.78. The lowest BCUT2D eigenvalue weighted by Crippen LogP contribution is -2.20. The fourth-order valence-electron chi connectivity index (χ4n) is 1.80. The molecule has 3 heterocycles. The van der Waals surface area contributed by atoms with E-state index in [4.69, 9.17) is 0 Å². The maximum atomic E-state index is 11.8. The molecule has 0 aliphatic heterocycles. The molecular weight excluding hydrogens is 276 g/mol. The van der Waals surface area contributed by atoms with Crippen LogP contribution in [0.2, 0.25) is 0 Å². The average molecular weight is 288 g/mol. The number of hydrogen-bond acceptors (Lipinski definition) is 6. The van der Waals surface area contributed by atoms with Crippen LogP contribution < -0.4 is 10.9 Å². The smallest absolute Gasteiger partial charge is 0.274 e. The highest BCUT2D eigenvalue weighted by atomic mass is 16.2. The van der Waals surface area contributed by atoms with Crippen molar-refractivity contribution in [3.05, 3.63) is 34.5 Å². The fraction of sp³-hybridized carbons (Fsp3) is 0.273. The van der Waals surface area contributed by atoms with Gasteiger partial charge >= 0.3 is 0 Å². The first-order valence-corrected chi connectivity index (χ1v) is 6.28. The SMILES string of the molecule is CCc1cc(=O)n2[nH]c(NC(=O)Cn3ccnn3)nc2n1. The van der Waals surface area contributed by atoms with Crippen molar-refractivity contribution in [3.8, 4) is 0 Å². The van der Waals surface area contributed by atoms with Gasteiger partial charge < -0.3 is 0 Å². The van der Waals surface area contributed by atoms with Gasteiger partial charge in [0, 0.05) is 18.0 Å². The monoisotopic (exact) mass is 288 g/mol. The molecule has 10 heteroatoms. The number of amides is 1. The van der Waals surface area contributed by atoms with E-state index < -0.39 is 0 Å². The highest BCUT2D eigenvalue weighted by Crippen LogP contribution is 2.02. The zero-order valence-electron chi connectivity index (χ0n) is 11.1. The molecule has 3 rings (SSSR count). The van der Waals surface area contributed by atoms with Gasteiger partial charge in [-0.05, 0) is 6.42 Å². The van der Waals surface area contributed by atoms with Crippen LogP contribution in [0.4, 0.5) is 5.95 Å². The van der Waals surface area contributed by atoms with Crippen molar-refractivity contribution in [3.63, 3.8) is 0 Å². The number of nitrogens with one attached hydrogen (secondary N) is 2. The lowest BCUT2D eigenvalue weighted by Gasteiger charge is -2.00. The minimum Gasteiger partial charge on any atom is -0.293 e. The Labute approximate surface area is 117 Å². The van der Waals surface area contributed by atoms with Crippen LogP contribution in [0.1, 0.15) is 12.6 Å². The lowest BCUT2D eigenvalue weighted by atomic mass is 10.3. The maximum absolute atomic E-state index is 11.8. The Balaban J connectivity index is 1.83. The Bertz CT molecular complexity index is 832. The van der Waals surface area contributed by atoms with Gasteiger partial charge in [0.2, 0.25) is 11.9 Å². The summed E-state index contributed by atoms with van der Waals surface area (Å²) in [5.74, 6) is 0.0247. The van der Waals surface area contributed by atoms with Gasteiger partial charge in [0.1, 0.15) is 6.54 Å². The molecule has 0 spiro atoms. The van der Waals surface area contributed by atoms with E-state index >= 15 is 0 Å². The Morgan fingerprint density at radius 3 is 3.00 bits per heavy atom. The van der Waals surface area contributed by atoms with Crippen LogP contribution in [0.25, 0.3) is 5.78 Å². The summed E-state index contributed by atoms with van der Waals surface area (Å²) >= 11 is 0. The van der Waals surface area contributed by atoms with E-state index in [1.165, 1.54) is 21.5 Å². The number of H-pyrrole nitrogens is 1. The fourth-order valence-corrected chi connectivity index (χ4v) is 1.80. The van der Waals surface area contributed by atoms with Gasteiger partial charge in [-0.1, -0.05) is 12.1 Å². The molecule has 0 aromatic carbocycles. The number of fused-ring (bicyclic) bond motifs is 1. The van der Waals surface area contributed by atoms with Crippen LogP contribution in [-0.4, -0.2) is 40.5 Å². The molecule has 108 valence electrons. The van der Waals surface area contributed by atoms with E-state index in [2.05, 4.69) is 30.7 Å². The molecule has 10 nitrogen and oxygen atoms in total. The first-order valence-electron chi connectivity index (χ1n) is 6.28. The molecule has 0 atom stereocenters. The molecule has 0 aliphatic rings.